The van der Waals surface area contributed by atoms with Crippen LogP contribution >= 0.6 is 0 Å². The monoisotopic (exact) mass is 248 g/mol. The number of amides is 1. The molecule has 0 aromatic heterocycles. The molecule has 1 aliphatic carbocycles. The fourth-order valence-electron chi connectivity index (χ4n) is 2.32. The zero-order chi connectivity index (χ0) is 12.5. The molecule has 1 heterocycles. The summed E-state index contributed by atoms with van der Waals surface area (Å²) in [7, 11) is 0. The van der Waals surface area contributed by atoms with Gasteiger partial charge in [-0.25, -0.2) is 0 Å². The lowest BCUT2D eigenvalue weighted by molar-refractivity contribution is -0.216. The number of nitrogens with one attached hydrogen (secondary N) is 2. The molecule has 6 heteroatoms. The molecule has 2 N–H and O–H groups in total. The minimum atomic E-state index is -4.49. The van der Waals surface area contributed by atoms with E-state index >= 15 is 0 Å². The van der Waals surface area contributed by atoms with E-state index in [9.17, 15) is 18.0 Å². The third kappa shape index (κ3) is 2.18. The average molecular weight is 248 g/mol. The molecule has 2 rings (SSSR count). The van der Waals surface area contributed by atoms with Gasteiger partial charge < -0.3 is 10.6 Å². The largest absolute Gasteiger partial charge is 0.404 e. The van der Waals surface area contributed by atoms with Crippen LogP contribution in [0.2, 0.25) is 0 Å². The summed E-state index contributed by atoms with van der Waals surface area (Å²) in [5.74, 6) is -0.885. The normalized spacial score (nSPS) is 29.8. The zero-order valence-corrected chi connectivity index (χ0v) is 9.31. The van der Waals surface area contributed by atoms with Crippen LogP contribution in [0.3, 0.4) is 0 Å². The second-order valence-corrected chi connectivity index (χ2v) is 4.62. The van der Waals surface area contributed by atoms with E-state index in [1.165, 1.54) is 0 Å². The van der Waals surface area contributed by atoms with E-state index in [1.807, 2.05) is 12.2 Å². The lowest BCUT2D eigenvalue weighted by Gasteiger charge is -2.30. The summed E-state index contributed by atoms with van der Waals surface area (Å²) in [6.07, 6.45) is 0.311. The summed E-state index contributed by atoms with van der Waals surface area (Å²) >= 11 is 0. The second-order valence-electron chi connectivity index (χ2n) is 4.62. The number of hydrogen-bond acceptors (Lipinski definition) is 2. The number of alkyl halides is 3. The first-order valence-electron chi connectivity index (χ1n) is 5.69. The molecular weight excluding hydrogens is 233 g/mol. The molecule has 0 bridgehead atoms. The van der Waals surface area contributed by atoms with Gasteiger partial charge in [0.05, 0.1) is 0 Å². The van der Waals surface area contributed by atoms with Crippen molar-refractivity contribution >= 4 is 5.91 Å². The molecule has 0 saturated carbocycles. The first-order valence-corrected chi connectivity index (χ1v) is 5.69. The van der Waals surface area contributed by atoms with Gasteiger partial charge in [-0.05, 0) is 25.8 Å². The molecule has 1 amide bonds. The summed E-state index contributed by atoms with van der Waals surface area (Å²) < 4.78 is 39.1. The molecule has 1 saturated heterocycles. The van der Waals surface area contributed by atoms with Crippen molar-refractivity contribution < 1.29 is 18.0 Å². The van der Waals surface area contributed by atoms with E-state index in [1.54, 1.807) is 0 Å². The number of carbonyl (C=O) groups is 1. The number of halogens is 3. The molecule has 1 unspecified atom stereocenters. The smallest absolute Gasteiger partial charge is 0.352 e. The Morgan fingerprint density at radius 1 is 1.35 bits per heavy atom. The second kappa shape index (κ2) is 4.33. The van der Waals surface area contributed by atoms with Crippen molar-refractivity contribution in [2.24, 2.45) is 5.41 Å². The first-order chi connectivity index (χ1) is 7.96. The first kappa shape index (κ1) is 12.4. The summed E-state index contributed by atoms with van der Waals surface area (Å²) in [6, 6.07) is -0.178. The van der Waals surface area contributed by atoms with Crippen molar-refractivity contribution in [3.05, 3.63) is 12.2 Å². The Hall–Kier alpha value is -1.04. The van der Waals surface area contributed by atoms with Gasteiger partial charge in [-0.2, -0.15) is 13.2 Å². The van der Waals surface area contributed by atoms with Crippen LogP contribution in [-0.4, -0.2) is 31.2 Å². The van der Waals surface area contributed by atoms with E-state index in [0.29, 0.717) is 12.8 Å². The fourth-order valence-corrected chi connectivity index (χ4v) is 2.32. The Morgan fingerprint density at radius 2 is 2.00 bits per heavy atom. The highest BCUT2D eigenvalue weighted by Crippen LogP contribution is 2.43. The van der Waals surface area contributed by atoms with Crippen LogP contribution < -0.4 is 10.6 Å². The molecule has 17 heavy (non-hydrogen) atoms. The molecule has 0 radical (unpaired) electrons. The van der Waals surface area contributed by atoms with E-state index in [4.69, 9.17) is 0 Å². The van der Waals surface area contributed by atoms with Crippen LogP contribution in [0.1, 0.15) is 19.3 Å². The molecular formula is C11H15F3N2O. The molecule has 0 spiro atoms. The van der Waals surface area contributed by atoms with Crippen LogP contribution in [0, 0.1) is 5.41 Å². The minimum absolute atomic E-state index is 0.178. The van der Waals surface area contributed by atoms with Gasteiger partial charge in [-0.15, -0.1) is 0 Å². The van der Waals surface area contributed by atoms with Gasteiger partial charge in [-0.1, -0.05) is 12.2 Å². The van der Waals surface area contributed by atoms with Gasteiger partial charge in [0.15, 0.2) is 5.41 Å². The van der Waals surface area contributed by atoms with Gasteiger partial charge in [0.2, 0.25) is 5.91 Å². The van der Waals surface area contributed by atoms with Crippen LogP contribution in [0.25, 0.3) is 0 Å². The topological polar surface area (TPSA) is 41.1 Å². The highest BCUT2D eigenvalue weighted by Gasteiger charge is 2.61. The molecule has 1 aliphatic heterocycles. The van der Waals surface area contributed by atoms with E-state index in [-0.39, 0.29) is 25.6 Å². The fraction of sp³-hybridized carbons (Fsp3) is 0.727. The molecule has 3 nitrogen and oxygen atoms in total. The summed E-state index contributed by atoms with van der Waals surface area (Å²) in [6.45, 7) is -0.0850. The van der Waals surface area contributed by atoms with Crippen molar-refractivity contribution in [2.75, 3.05) is 13.1 Å². The number of carbonyl (C=O) groups excluding carboxylic acids is 1. The number of rotatable bonds is 2. The Kier molecular flexibility index (Phi) is 3.16. The van der Waals surface area contributed by atoms with Crippen molar-refractivity contribution in [1.29, 1.82) is 0 Å². The van der Waals surface area contributed by atoms with Crippen LogP contribution in [0.4, 0.5) is 13.2 Å². The van der Waals surface area contributed by atoms with Gasteiger partial charge in [-0.3, -0.25) is 4.79 Å². The maximum absolute atomic E-state index is 13.0. The van der Waals surface area contributed by atoms with Crippen molar-refractivity contribution in [3.63, 3.8) is 0 Å². The summed E-state index contributed by atoms with van der Waals surface area (Å²) in [5, 5.41) is 5.14. The summed E-state index contributed by atoms with van der Waals surface area (Å²) in [5.41, 5.74) is -2.24. The number of hydrogen-bond donors (Lipinski definition) is 2. The van der Waals surface area contributed by atoms with E-state index < -0.39 is 17.5 Å². The van der Waals surface area contributed by atoms with Crippen molar-refractivity contribution in [2.45, 2.75) is 31.5 Å². The van der Waals surface area contributed by atoms with E-state index in [0.717, 1.165) is 0 Å². The van der Waals surface area contributed by atoms with Gasteiger partial charge in [0.1, 0.15) is 0 Å². The third-order valence-electron chi connectivity index (χ3n) is 3.48. The maximum Gasteiger partial charge on any atom is 0.404 e. The maximum atomic E-state index is 13.0. The predicted octanol–water partition coefficient (Wildman–Crippen LogP) is 1.36. The lowest BCUT2D eigenvalue weighted by Crippen LogP contribution is -2.54. The van der Waals surface area contributed by atoms with Crippen molar-refractivity contribution in [3.8, 4) is 0 Å². The molecule has 96 valence electrons. The zero-order valence-electron chi connectivity index (χ0n) is 9.31. The van der Waals surface area contributed by atoms with Crippen LogP contribution in [0.15, 0.2) is 12.2 Å². The molecule has 0 aromatic carbocycles. The quantitative estimate of drug-likeness (QED) is 0.724. The van der Waals surface area contributed by atoms with Crippen LogP contribution in [0.5, 0.6) is 0 Å². The predicted molar refractivity (Wildman–Crippen MR) is 56.3 cm³/mol. The Bertz CT molecular complexity index is 324. The lowest BCUT2D eigenvalue weighted by atomic mass is 9.85. The highest BCUT2D eigenvalue weighted by atomic mass is 19.4. The Balaban J connectivity index is 2.08. The summed E-state index contributed by atoms with van der Waals surface area (Å²) in [4.78, 5) is 11.9. The van der Waals surface area contributed by atoms with Crippen LogP contribution in [-0.2, 0) is 4.79 Å². The van der Waals surface area contributed by atoms with Crippen molar-refractivity contribution in [1.82, 2.24) is 10.6 Å². The van der Waals surface area contributed by atoms with Gasteiger partial charge in [0.25, 0.3) is 0 Å². The van der Waals surface area contributed by atoms with Gasteiger partial charge >= 0.3 is 6.18 Å². The molecule has 2 aliphatic rings. The van der Waals surface area contributed by atoms with E-state index in [2.05, 4.69) is 10.6 Å². The Labute approximate surface area is 97.4 Å². The molecule has 1 fully saturated rings. The SMILES string of the molecule is O=C(NC1CC=CC1)C1(C(F)(F)F)CCNC1. The van der Waals surface area contributed by atoms with Gasteiger partial charge in [0, 0.05) is 12.6 Å². The minimum Gasteiger partial charge on any atom is -0.352 e. The highest BCUT2D eigenvalue weighted by molar-refractivity contribution is 5.84. The average Bonchev–Trinajstić information content (AvgIpc) is 2.85. The molecule has 0 aromatic rings. The standard InChI is InChI=1S/C11H15F3N2O/c12-11(13,14)10(5-6-15-7-10)9(17)16-8-3-1-2-4-8/h1-2,8,15H,3-7H2,(H,16,17). The Morgan fingerprint density at radius 3 is 2.47 bits per heavy atom. The molecule has 1 atom stereocenters. The third-order valence-corrected chi connectivity index (χ3v) is 3.48.